The zero-order chi connectivity index (χ0) is 20.1. The van der Waals surface area contributed by atoms with Crippen LogP contribution in [0.15, 0.2) is 36.5 Å². The quantitative estimate of drug-likeness (QED) is 0.804. The summed E-state index contributed by atoms with van der Waals surface area (Å²) in [7, 11) is 0. The molecule has 2 saturated heterocycles. The van der Waals surface area contributed by atoms with Crippen LogP contribution in [-0.2, 0) is 16.0 Å². The summed E-state index contributed by atoms with van der Waals surface area (Å²) in [6.07, 6.45) is 3.37. The van der Waals surface area contributed by atoms with Crippen LogP contribution in [-0.4, -0.2) is 61.3 Å². The molecule has 0 bridgehead atoms. The number of nitrogens with two attached hydrogens (primary N) is 1. The summed E-state index contributed by atoms with van der Waals surface area (Å²) in [6.45, 7) is 5.81. The molecule has 0 aliphatic carbocycles. The third-order valence-corrected chi connectivity index (χ3v) is 5.52. The predicted octanol–water partition coefficient (Wildman–Crippen LogP) is 2.07. The van der Waals surface area contributed by atoms with Crippen molar-refractivity contribution in [2.45, 2.75) is 25.4 Å². The number of morpholine rings is 1. The molecule has 0 unspecified atom stereocenters. The van der Waals surface area contributed by atoms with E-state index in [9.17, 15) is 4.79 Å². The SMILES string of the molecule is Nc1ncc(-c2ccc(CN3CCOCC3)cc2)cc1C(=O)NC1CCOCC1. The van der Waals surface area contributed by atoms with Crippen molar-refractivity contribution in [2.24, 2.45) is 0 Å². The summed E-state index contributed by atoms with van der Waals surface area (Å²) < 4.78 is 10.8. The number of carbonyl (C=O) groups is 1. The lowest BCUT2D eigenvalue weighted by Gasteiger charge is -2.26. The number of hydrogen-bond acceptors (Lipinski definition) is 6. The topological polar surface area (TPSA) is 89.7 Å². The molecule has 2 aromatic rings. The van der Waals surface area contributed by atoms with Crippen molar-refractivity contribution in [1.82, 2.24) is 15.2 Å². The van der Waals surface area contributed by atoms with Gasteiger partial charge >= 0.3 is 0 Å². The molecule has 1 aromatic heterocycles. The molecule has 3 heterocycles. The predicted molar refractivity (Wildman–Crippen MR) is 111 cm³/mol. The van der Waals surface area contributed by atoms with Crippen molar-refractivity contribution in [3.05, 3.63) is 47.7 Å². The first-order chi connectivity index (χ1) is 14.2. The summed E-state index contributed by atoms with van der Waals surface area (Å²) in [5, 5.41) is 3.05. The van der Waals surface area contributed by atoms with Crippen LogP contribution in [0.2, 0.25) is 0 Å². The second-order valence-corrected chi connectivity index (χ2v) is 7.60. The standard InChI is InChI=1S/C22H28N4O3/c23-21-20(22(27)25-19-5-9-28-10-6-19)13-18(14-24-21)17-3-1-16(2-4-17)15-26-7-11-29-12-8-26/h1-4,13-14,19H,5-12,15H2,(H2,23,24)(H,25,27). The highest BCUT2D eigenvalue weighted by Gasteiger charge is 2.19. The number of benzene rings is 1. The first-order valence-electron chi connectivity index (χ1n) is 10.2. The lowest BCUT2D eigenvalue weighted by molar-refractivity contribution is 0.0342. The Morgan fingerprint density at radius 3 is 2.48 bits per heavy atom. The number of hydrogen-bond donors (Lipinski definition) is 2. The summed E-state index contributed by atoms with van der Waals surface area (Å²) >= 11 is 0. The molecule has 3 N–H and O–H groups in total. The molecule has 7 nitrogen and oxygen atoms in total. The Morgan fingerprint density at radius 2 is 1.76 bits per heavy atom. The number of ether oxygens (including phenoxy) is 2. The second kappa shape index (κ2) is 9.35. The number of anilines is 1. The third-order valence-electron chi connectivity index (χ3n) is 5.52. The van der Waals surface area contributed by atoms with Crippen LogP contribution < -0.4 is 11.1 Å². The largest absolute Gasteiger partial charge is 0.383 e. The minimum absolute atomic E-state index is 0.124. The molecule has 1 aromatic carbocycles. The molecule has 2 fully saturated rings. The normalized spacial score (nSPS) is 18.5. The molecule has 29 heavy (non-hydrogen) atoms. The van der Waals surface area contributed by atoms with Gasteiger partial charge in [-0.2, -0.15) is 0 Å². The molecular formula is C22H28N4O3. The van der Waals surface area contributed by atoms with Crippen LogP contribution in [0.25, 0.3) is 11.1 Å². The van der Waals surface area contributed by atoms with Crippen molar-refractivity contribution in [2.75, 3.05) is 45.3 Å². The van der Waals surface area contributed by atoms with Crippen molar-refractivity contribution >= 4 is 11.7 Å². The van der Waals surface area contributed by atoms with Gasteiger partial charge < -0.3 is 20.5 Å². The Hall–Kier alpha value is -2.48. The van der Waals surface area contributed by atoms with Crippen LogP contribution in [0.1, 0.15) is 28.8 Å². The fourth-order valence-electron chi connectivity index (χ4n) is 3.74. The van der Waals surface area contributed by atoms with Gasteiger partial charge in [-0.25, -0.2) is 4.98 Å². The van der Waals surface area contributed by atoms with Gasteiger partial charge in [0.1, 0.15) is 5.82 Å². The summed E-state index contributed by atoms with van der Waals surface area (Å²) in [6, 6.07) is 10.4. The van der Waals surface area contributed by atoms with E-state index in [-0.39, 0.29) is 17.8 Å². The first kappa shape index (κ1) is 19.8. The monoisotopic (exact) mass is 396 g/mol. The fraction of sp³-hybridized carbons (Fsp3) is 0.455. The lowest BCUT2D eigenvalue weighted by atomic mass is 10.0. The van der Waals surface area contributed by atoms with Crippen molar-refractivity contribution < 1.29 is 14.3 Å². The number of rotatable bonds is 5. The maximum Gasteiger partial charge on any atom is 0.255 e. The van der Waals surface area contributed by atoms with Gasteiger partial charge in [-0.15, -0.1) is 0 Å². The van der Waals surface area contributed by atoms with E-state index in [0.717, 1.165) is 56.8 Å². The smallest absolute Gasteiger partial charge is 0.255 e. The van der Waals surface area contributed by atoms with Gasteiger partial charge in [-0.3, -0.25) is 9.69 Å². The maximum atomic E-state index is 12.7. The molecular weight excluding hydrogens is 368 g/mol. The molecule has 0 spiro atoms. The van der Waals surface area contributed by atoms with Gasteiger partial charge in [0.05, 0.1) is 18.8 Å². The van der Waals surface area contributed by atoms with E-state index in [0.29, 0.717) is 18.8 Å². The summed E-state index contributed by atoms with van der Waals surface area (Å²) in [5.41, 5.74) is 9.57. The maximum absolute atomic E-state index is 12.7. The van der Waals surface area contributed by atoms with Gasteiger partial charge in [0.2, 0.25) is 0 Å². The van der Waals surface area contributed by atoms with Gasteiger partial charge in [0, 0.05) is 50.7 Å². The molecule has 1 amide bonds. The van der Waals surface area contributed by atoms with Crippen molar-refractivity contribution in [3.63, 3.8) is 0 Å². The molecule has 2 aliphatic rings. The fourth-order valence-corrected chi connectivity index (χ4v) is 3.74. The average Bonchev–Trinajstić information content (AvgIpc) is 2.76. The van der Waals surface area contributed by atoms with E-state index in [1.807, 2.05) is 6.07 Å². The van der Waals surface area contributed by atoms with Gasteiger partial charge in [0.15, 0.2) is 0 Å². The number of nitrogens with one attached hydrogen (secondary N) is 1. The van der Waals surface area contributed by atoms with E-state index in [1.165, 1.54) is 5.56 Å². The Bertz CT molecular complexity index is 828. The second-order valence-electron chi connectivity index (χ2n) is 7.60. The Kier molecular flexibility index (Phi) is 6.39. The zero-order valence-electron chi connectivity index (χ0n) is 16.6. The number of pyridine rings is 1. The third kappa shape index (κ3) is 5.12. The number of nitrogens with zero attached hydrogens (tertiary/aromatic N) is 2. The van der Waals surface area contributed by atoms with Crippen LogP contribution in [0.4, 0.5) is 5.82 Å². The molecule has 0 saturated carbocycles. The summed E-state index contributed by atoms with van der Waals surface area (Å²) in [4.78, 5) is 19.4. The number of carbonyl (C=O) groups excluding carboxylic acids is 1. The number of nitrogen functional groups attached to an aromatic ring is 1. The Morgan fingerprint density at radius 1 is 1.07 bits per heavy atom. The number of amides is 1. The lowest BCUT2D eigenvalue weighted by Crippen LogP contribution is -2.39. The van der Waals surface area contributed by atoms with Gasteiger partial charge in [0.25, 0.3) is 5.91 Å². The highest BCUT2D eigenvalue weighted by atomic mass is 16.5. The van der Waals surface area contributed by atoms with Crippen LogP contribution in [0.5, 0.6) is 0 Å². The molecule has 7 heteroatoms. The molecule has 2 aliphatic heterocycles. The van der Waals surface area contributed by atoms with Crippen LogP contribution in [0, 0.1) is 0 Å². The van der Waals surface area contributed by atoms with E-state index >= 15 is 0 Å². The average molecular weight is 396 g/mol. The minimum Gasteiger partial charge on any atom is -0.383 e. The number of aromatic nitrogens is 1. The highest BCUT2D eigenvalue weighted by molar-refractivity contribution is 5.99. The van der Waals surface area contributed by atoms with E-state index in [2.05, 4.69) is 39.5 Å². The van der Waals surface area contributed by atoms with Crippen LogP contribution in [0.3, 0.4) is 0 Å². The van der Waals surface area contributed by atoms with Crippen molar-refractivity contribution in [1.29, 1.82) is 0 Å². The molecule has 0 atom stereocenters. The van der Waals surface area contributed by atoms with Crippen molar-refractivity contribution in [3.8, 4) is 11.1 Å². The van der Waals surface area contributed by atoms with E-state index in [4.69, 9.17) is 15.2 Å². The first-order valence-corrected chi connectivity index (χ1v) is 10.2. The van der Waals surface area contributed by atoms with Gasteiger partial charge in [-0.05, 0) is 30.0 Å². The Labute approximate surface area is 171 Å². The minimum atomic E-state index is -0.173. The molecule has 4 rings (SSSR count). The molecule has 154 valence electrons. The van der Waals surface area contributed by atoms with E-state index < -0.39 is 0 Å². The zero-order valence-corrected chi connectivity index (χ0v) is 16.6. The Balaban J connectivity index is 1.45. The van der Waals surface area contributed by atoms with Gasteiger partial charge in [-0.1, -0.05) is 24.3 Å². The molecule has 0 radical (unpaired) electrons. The van der Waals surface area contributed by atoms with E-state index in [1.54, 1.807) is 6.20 Å². The summed E-state index contributed by atoms with van der Waals surface area (Å²) in [5.74, 6) is 0.0786. The van der Waals surface area contributed by atoms with Crippen LogP contribution >= 0.6 is 0 Å². The highest BCUT2D eigenvalue weighted by Crippen LogP contribution is 2.23.